The topological polar surface area (TPSA) is 25.2 Å². The maximum absolute atomic E-state index is 6.14. The number of furan rings is 1. The summed E-state index contributed by atoms with van der Waals surface area (Å²) in [6.45, 7) is 2.76. The fraction of sp³-hybridized carbons (Fsp3) is 0.231. The molecule has 1 heterocycles. The smallest absolute Gasteiger partial charge is 0.135 e. The number of hydrogen-bond acceptors (Lipinski definition) is 2. The van der Waals surface area contributed by atoms with Crippen LogP contribution in [0.1, 0.15) is 11.3 Å². The minimum Gasteiger partial charge on any atom is -0.460 e. The summed E-state index contributed by atoms with van der Waals surface area (Å²) in [5.74, 6) is 1.73. The van der Waals surface area contributed by atoms with Crippen molar-refractivity contribution in [1.29, 1.82) is 0 Å². The highest BCUT2D eigenvalue weighted by atomic mass is 35.5. The van der Waals surface area contributed by atoms with Gasteiger partial charge in [-0.1, -0.05) is 23.2 Å². The first-order chi connectivity index (χ1) is 7.70. The largest absolute Gasteiger partial charge is 0.460 e. The molecule has 0 aliphatic carbocycles. The zero-order valence-corrected chi connectivity index (χ0v) is 10.1. The lowest BCUT2D eigenvalue weighted by molar-refractivity contribution is 0.507. The highest BCUT2D eigenvalue weighted by Gasteiger charge is 2.08. The molecule has 1 aromatic carbocycles. The lowest BCUT2D eigenvalue weighted by Crippen LogP contribution is -2.03. The molecule has 0 aliphatic heterocycles. The fourth-order valence-corrected chi connectivity index (χ4v) is 1.83. The predicted molar refractivity (Wildman–Crippen MR) is 66.7 cm³/mol. The van der Waals surface area contributed by atoms with Crippen molar-refractivity contribution < 1.29 is 4.42 Å². The van der Waals surface area contributed by atoms with Gasteiger partial charge in [0.05, 0.1) is 11.6 Å². The highest BCUT2D eigenvalue weighted by molar-refractivity contribution is 6.33. The Kier molecular flexibility index (Phi) is 3.32. The van der Waals surface area contributed by atoms with Crippen LogP contribution in [0.3, 0.4) is 0 Å². The van der Waals surface area contributed by atoms with Gasteiger partial charge in [-0.2, -0.15) is 0 Å². The molecule has 0 saturated heterocycles. The van der Waals surface area contributed by atoms with Gasteiger partial charge in [-0.25, -0.2) is 0 Å². The highest BCUT2D eigenvalue weighted by Crippen LogP contribution is 2.30. The van der Waals surface area contributed by atoms with E-state index in [0.717, 1.165) is 28.7 Å². The van der Waals surface area contributed by atoms with Crippen LogP contribution in [0.25, 0.3) is 11.3 Å². The van der Waals surface area contributed by atoms with Crippen LogP contribution in [0.2, 0.25) is 5.02 Å². The first-order valence-electron chi connectivity index (χ1n) is 5.20. The summed E-state index contributed by atoms with van der Waals surface area (Å²) < 4.78 is 5.70. The van der Waals surface area contributed by atoms with Crippen LogP contribution in [0, 0.1) is 6.92 Å². The van der Waals surface area contributed by atoms with Gasteiger partial charge >= 0.3 is 0 Å². The lowest BCUT2D eigenvalue weighted by Gasteiger charge is -2.02. The van der Waals surface area contributed by atoms with Crippen molar-refractivity contribution in [3.8, 4) is 11.3 Å². The van der Waals surface area contributed by atoms with Gasteiger partial charge in [0.25, 0.3) is 0 Å². The Morgan fingerprint density at radius 1 is 1.25 bits per heavy atom. The van der Waals surface area contributed by atoms with Crippen molar-refractivity contribution in [1.82, 2.24) is 5.32 Å². The molecular weight excluding hydrogens is 222 g/mol. The van der Waals surface area contributed by atoms with Crippen LogP contribution < -0.4 is 5.32 Å². The fourth-order valence-electron chi connectivity index (χ4n) is 1.62. The summed E-state index contributed by atoms with van der Waals surface area (Å²) in [7, 11) is 1.89. The molecule has 84 valence electrons. The first kappa shape index (κ1) is 11.2. The zero-order chi connectivity index (χ0) is 11.5. The zero-order valence-electron chi connectivity index (χ0n) is 9.38. The average molecular weight is 236 g/mol. The van der Waals surface area contributed by atoms with Crippen LogP contribution in [-0.2, 0) is 6.54 Å². The first-order valence-corrected chi connectivity index (χ1v) is 5.58. The summed E-state index contributed by atoms with van der Waals surface area (Å²) in [4.78, 5) is 0. The van der Waals surface area contributed by atoms with Crippen LogP contribution in [-0.4, -0.2) is 7.05 Å². The third kappa shape index (κ3) is 2.29. The van der Waals surface area contributed by atoms with E-state index >= 15 is 0 Å². The van der Waals surface area contributed by atoms with Gasteiger partial charge in [0.15, 0.2) is 0 Å². The van der Waals surface area contributed by atoms with E-state index < -0.39 is 0 Å². The molecule has 0 aliphatic rings. The van der Waals surface area contributed by atoms with Gasteiger partial charge in [-0.3, -0.25) is 0 Å². The minimum absolute atomic E-state index is 0.718. The van der Waals surface area contributed by atoms with Crippen molar-refractivity contribution in [2.24, 2.45) is 0 Å². The molecule has 3 heteroatoms. The SMILES string of the molecule is CNCc1ccc(-c2cc(C)ccc2Cl)o1. The van der Waals surface area contributed by atoms with Gasteiger partial charge in [-0.15, -0.1) is 0 Å². The van der Waals surface area contributed by atoms with E-state index in [1.807, 2.05) is 44.3 Å². The molecule has 1 aromatic heterocycles. The molecule has 0 bridgehead atoms. The van der Waals surface area contributed by atoms with E-state index in [0.29, 0.717) is 0 Å². The summed E-state index contributed by atoms with van der Waals surface area (Å²) >= 11 is 6.14. The molecule has 0 radical (unpaired) electrons. The van der Waals surface area contributed by atoms with Gasteiger partial charge in [-0.05, 0) is 38.2 Å². The standard InChI is InChI=1S/C13H14ClNO/c1-9-3-5-12(14)11(7-9)13-6-4-10(16-13)8-15-2/h3-7,15H,8H2,1-2H3. The van der Waals surface area contributed by atoms with Crippen LogP contribution in [0.15, 0.2) is 34.7 Å². The minimum atomic E-state index is 0.718. The van der Waals surface area contributed by atoms with Crippen molar-refractivity contribution in [3.05, 3.63) is 46.7 Å². The molecule has 0 atom stereocenters. The monoisotopic (exact) mass is 235 g/mol. The normalized spacial score (nSPS) is 10.7. The van der Waals surface area contributed by atoms with Gasteiger partial charge < -0.3 is 9.73 Å². The van der Waals surface area contributed by atoms with Gasteiger partial charge in [0.2, 0.25) is 0 Å². The van der Waals surface area contributed by atoms with E-state index in [9.17, 15) is 0 Å². The Bertz CT molecular complexity index is 490. The van der Waals surface area contributed by atoms with E-state index in [2.05, 4.69) is 5.32 Å². The third-order valence-electron chi connectivity index (χ3n) is 2.40. The number of nitrogens with one attached hydrogen (secondary N) is 1. The Labute approximate surface area is 100 Å². The van der Waals surface area contributed by atoms with E-state index in [1.54, 1.807) is 0 Å². The number of halogens is 1. The Morgan fingerprint density at radius 3 is 2.81 bits per heavy atom. The predicted octanol–water partition coefficient (Wildman–Crippen LogP) is 3.63. The molecule has 0 unspecified atom stereocenters. The summed E-state index contributed by atoms with van der Waals surface area (Å²) in [5.41, 5.74) is 2.12. The van der Waals surface area contributed by atoms with Crippen molar-refractivity contribution in [2.45, 2.75) is 13.5 Å². The summed E-state index contributed by atoms with van der Waals surface area (Å²) in [5, 5.41) is 3.77. The van der Waals surface area contributed by atoms with E-state index in [-0.39, 0.29) is 0 Å². The van der Waals surface area contributed by atoms with Crippen molar-refractivity contribution >= 4 is 11.6 Å². The van der Waals surface area contributed by atoms with E-state index in [4.69, 9.17) is 16.0 Å². The van der Waals surface area contributed by atoms with Crippen LogP contribution in [0.4, 0.5) is 0 Å². The Hall–Kier alpha value is -1.25. The molecule has 0 fully saturated rings. The molecule has 0 amide bonds. The van der Waals surface area contributed by atoms with Gasteiger partial charge in [0, 0.05) is 5.56 Å². The number of rotatable bonds is 3. The summed E-state index contributed by atoms with van der Waals surface area (Å²) in [6, 6.07) is 9.83. The molecule has 16 heavy (non-hydrogen) atoms. The molecular formula is C13H14ClNO. The molecule has 2 aromatic rings. The molecule has 0 spiro atoms. The van der Waals surface area contributed by atoms with Crippen molar-refractivity contribution in [2.75, 3.05) is 7.05 Å². The lowest BCUT2D eigenvalue weighted by atomic mass is 10.1. The Balaban J connectivity index is 2.38. The Morgan fingerprint density at radius 2 is 2.06 bits per heavy atom. The maximum atomic E-state index is 6.14. The summed E-state index contributed by atoms with van der Waals surface area (Å²) in [6.07, 6.45) is 0. The van der Waals surface area contributed by atoms with E-state index in [1.165, 1.54) is 5.56 Å². The van der Waals surface area contributed by atoms with Crippen molar-refractivity contribution in [3.63, 3.8) is 0 Å². The molecule has 2 rings (SSSR count). The number of hydrogen-bond donors (Lipinski definition) is 1. The molecule has 0 saturated carbocycles. The second-order valence-electron chi connectivity index (χ2n) is 3.78. The average Bonchev–Trinajstić information content (AvgIpc) is 2.71. The molecule has 2 nitrogen and oxygen atoms in total. The van der Waals surface area contributed by atoms with Gasteiger partial charge in [0.1, 0.15) is 11.5 Å². The van der Waals surface area contributed by atoms with Crippen LogP contribution >= 0.6 is 11.6 Å². The number of benzene rings is 1. The second kappa shape index (κ2) is 4.73. The molecule has 1 N–H and O–H groups in total. The maximum Gasteiger partial charge on any atom is 0.135 e. The second-order valence-corrected chi connectivity index (χ2v) is 4.19. The third-order valence-corrected chi connectivity index (χ3v) is 2.73. The number of aryl methyl sites for hydroxylation is 1. The quantitative estimate of drug-likeness (QED) is 0.879. The van der Waals surface area contributed by atoms with Crippen LogP contribution in [0.5, 0.6) is 0 Å².